The molecule has 132 valence electrons. The van der Waals surface area contributed by atoms with Crippen LogP contribution in [0.25, 0.3) is 0 Å². The molecule has 2 heterocycles. The number of fused-ring (bicyclic) bond motifs is 1. The summed E-state index contributed by atoms with van der Waals surface area (Å²) in [7, 11) is 0. The molecule has 0 spiro atoms. The first-order valence-electron chi connectivity index (χ1n) is 8.62. The van der Waals surface area contributed by atoms with Gasteiger partial charge in [0.1, 0.15) is 6.07 Å². The Kier molecular flexibility index (Phi) is 4.63. The van der Waals surface area contributed by atoms with Crippen LogP contribution in [-0.4, -0.2) is 24.0 Å². The van der Waals surface area contributed by atoms with Crippen LogP contribution in [-0.2, 0) is 0 Å². The van der Waals surface area contributed by atoms with Gasteiger partial charge in [-0.05, 0) is 43.4 Å². The number of hydrogen-bond donors (Lipinski definition) is 1. The molecule has 0 saturated heterocycles. The summed E-state index contributed by atoms with van der Waals surface area (Å²) >= 11 is 1.56. The maximum atomic E-state index is 10.0. The van der Waals surface area contributed by atoms with Gasteiger partial charge in [-0.25, -0.2) is 0 Å². The number of rotatable bonds is 2. The summed E-state index contributed by atoms with van der Waals surface area (Å²) in [5.74, 6) is -0.479. The highest BCUT2D eigenvalue weighted by Crippen LogP contribution is 2.55. The van der Waals surface area contributed by atoms with Crippen molar-refractivity contribution in [3.63, 3.8) is 0 Å². The molecule has 26 heavy (non-hydrogen) atoms. The van der Waals surface area contributed by atoms with E-state index in [0.717, 1.165) is 22.6 Å². The molecule has 0 bridgehead atoms. The average Bonchev–Trinajstić information content (AvgIpc) is 3.05. The Morgan fingerprint density at radius 1 is 1.31 bits per heavy atom. The second kappa shape index (κ2) is 6.61. The molecule has 1 aromatic heterocycles. The van der Waals surface area contributed by atoms with E-state index in [2.05, 4.69) is 37.0 Å². The van der Waals surface area contributed by atoms with Crippen LogP contribution in [0.3, 0.4) is 0 Å². The molecule has 0 saturated carbocycles. The molecule has 5 nitrogen and oxygen atoms in total. The van der Waals surface area contributed by atoms with Crippen molar-refractivity contribution in [1.82, 2.24) is 4.90 Å². The number of nitrogens with two attached hydrogens (primary N) is 1. The second-order valence-electron chi connectivity index (χ2n) is 7.19. The van der Waals surface area contributed by atoms with Crippen molar-refractivity contribution >= 4 is 11.3 Å². The van der Waals surface area contributed by atoms with Crippen molar-refractivity contribution in [2.75, 3.05) is 13.1 Å². The van der Waals surface area contributed by atoms with Crippen LogP contribution in [0.1, 0.15) is 30.2 Å². The number of nitrogens with zero attached hydrogens (tertiary/aromatic N) is 4. The van der Waals surface area contributed by atoms with Crippen molar-refractivity contribution < 1.29 is 0 Å². The third kappa shape index (κ3) is 2.44. The van der Waals surface area contributed by atoms with E-state index in [1.165, 1.54) is 0 Å². The van der Waals surface area contributed by atoms with E-state index in [0.29, 0.717) is 18.2 Å². The lowest BCUT2D eigenvalue weighted by Gasteiger charge is -2.46. The summed E-state index contributed by atoms with van der Waals surface area (Å²) in [6, 6.07) is 8.89. The van der Waals surface area contributed by atoms with Gasteiger partial charge < -0.3 is 5.73 Å². The van der Waals surface area contributed by atoms with Gasteiger partial charge in [-0.15, -0.1) is 11.3 Å². The van der Waals surface area contributed by atoms with Crippen LogP contribution >= 0.6 is 11.3 Å². The van der Waals surface area contributed by atoms with Crippen LogP contribution < -0.4 is 5.73 Å². The summed E-state index contributed by atoms with van der Waals surface area (Å²) in [6.07, 6.45) is 2.05. The number of aryl methyl sites for hydroxylation is 1. The lowest BCUT2D eigenvalue weighted by atomic mass is 9.59. The molecule has 0 radical (unpaired) electrons. The highest BCUT2D eigenvalue weighted by Gasteiger charge is 2.55. The van der Waals surface area contributed by atoms with Crippen LogP contribution in [0.2, 0.25) is 0 Å². The average molecular weight is 363 g/mol. The van der Waals surface area contributed by atoms with E-state index >= 15 is 0 Å². The second-order valence-corrected chi connectivity index (χ2v) is 8.14. The predicted octanol–water partition coefficient (Wildman–Crippen LogP) is 3.19. The van der Waals surface area contributed by atoms with E-state index < -0.39 is 5.41 Å². The molecule has 1 aliphatic heterocycles. The summed E-state index contributed by atoms with van der Waals surface area (Å²) in [6.45, 7) is 7.70. The highest BCUT2D eigenvalue weighted by atomic mass is 32.1. The van der Waals surface area contributed by atoms with E-state index in [-0.39, 0.29) is 17.5 Å². The van der Waals surface area contributed by atoms with Crippen molar-refractivity contribution in [3.8, 4) is 18.2 Å². The Morgan fingerprint density at radius 3 is 2.50 bits per heavy atom. The van der Waals surface area contributed by atoms with Gasteiger partial charge >= 0.3 is 0 Å². The molecular formula is C20H21N5S. The van der Waals surface area contributed by atoms with Crippen molar-refractivity contribution in [3.05, 3.63) is 44.8 Å². The lowest BCUT2D eigenvalue weighted by Crippen LogP contribution is -2.49. The first-order valence-corrected chi connectivity index (χ1v) is 9.50. The normalized spacial score (nSPS) is 25.0. The van der Waals surface area contributed by atoms with Crippen molar-refractivity contribution in [1.29, 1.82) is 15.8 Å². The maximum absolute atomic E-state index is 10.0. The van der Waals surface area contributed by atoms with Gasteiger partial charge in [-0.2, -0.15) is 15.8 Å². The molecule has 1 aliphatic carbocycles. The summed E-state index contributed by atoms with van der Waals surface area (Å²) in [5, 5.41) is 31.7. The first-order chi connectivity index (χ1) is 12.4. The van der Waals surface area contributed by atoms with Crippen LogP contribution in [0.15, 0.2) is 34.4 Å². The Bertz CT molecular complexity index is 901. The van der Waals surface area contributed by atoms with Gasteiger partial charge in [0.05, 0.1) is 23.4 Å². The smallest absolute Gasteiger partial charge is 0.192 e. The van der Waals surface area contributed by atoms with Crippen molar-refractivity contribution in [2.24, 2.45) is 17.1 Å². The van der Waals surface area contributed by atoms with Gasteiger partial charge in [0, 0.05) is 35.8 Å². The van der Waals surface area contributed by atoms with E-state index in [1.807, 2.05) is 24.4 Å². The van der Waals surface area contributed by atoms with Crippen LogP contribution in [0, 0.1) is 52.2 Å². The molecule has 0 unspecified atom stereocenters. The third-order valence-electron chi connectivity index (χ3n) is 5.61. The SMILES string of the molecule is Cc1ccsc1[C@H]1[C@@H]2CN(C(C)C)CC=C2C(C#N)=C(N)C1(C#N)C#N. The van der Waals surface area contributed by atoms with Gasteiger partial charge in [-0.3, -0.25) is 4.90 Å². The van der Waals surface area contributed by atoms with E-state index in [1.54, 1.807) is 11.3 Å². The Morgan fingerprint density at radius 2 is 2.00 bits per heavy atom. The van der Waals surface area contributed by atoms with Crippen LogP contribution in [0.4, 0.5) is 0 Å². The molecule has 0 amide bonds. The fraction of sp³-hybridized carbons (Fsp3) is 0.450. The lowest BCUT2D eigenvalue weighted by molar-refractivity contribution is 0.175. The number of nitriles is 3. The fourth-order valence-corrected chi connectivity index (χ4v) is 5.26. The maximum Gasteiger partial charge on any atom is 0.192 e. The van der Waals surface area contributed by atoms with E-state index in [4.69, 9.17) is 5.73 Å². The van der Waals surface area contributed by atoms with E-state index in [9.17, 15) is 15.8 Å². The Hall–Kier alpha value is -2.59. The number of allylic oxidation sites excluding steroid dienone is 2. The molecule has 1 aromatic rings. The zero-order valence-electron chi connectivity index (χ0n) is 15.2. The third-order valence-corrected chi connectivity index (χ3v) is 6.71. The minimum atomic E-state index is -1.53. The molecule has 0 aromatic carbocycles. The van der Waals surface area contributed by atoms with Gasteiger partial charge in [0.2, 0.25) is 0 Å². The summed E-state index contributed by atoms with van der Waals surface area (Å²) in [4.78, 5) is 3.31. The molecule has 0 fully saturated rings. The number of hydrogen-bond acceptors (Lipinski definition) is 6. The minimum absolute atomic E-state index is 0.100. The molecule has 2 aliphatic rings. The minimum Gasteiger partial charge on any atom is -0.399 e. The standard InChI is InChI=1S/C20H21N5S/c1-12(2)25-6-4-14-15(8-21)19(24)20(10-22,11-23)17(16(14)9-25)18-13(3)5-7-26-18/h4-5,7,12,16-17H,6,9,24H2,1-3H3/t16-,17-/m1/s1. The monoisotopic (exact) mass is 363 g/mol. The highest BCUT2D eigenvalue weighted by molar-refractivity contribution is 7.10. The topological polar surface area (TPSA) is 101 Å². The zero-order chi connectivity index (χ0) is 19.1. The quantitative estimate of drug-likeness (QED) is 0.869. The van der Waals surface area contributed by atoms with Gasteiger partial charge in [0.15, 0.2) is 5.41 Å². The zero-order valence-corrected chi connectivity index (χ0v) is 16.0. The van der Waals surface area contributed by atoms with Crippen molar-refractivity contribution in [2.45, 2.75) is 32.7 Å². The summed E-state index contributed by atoms with van der Waals surface area (Å²) < 4.78 is 0. The molecule has 2 atom stereocenters. The summed E-state index contributed by atoms with van der Waals surface area (Å²) in [5.41, 5.74) is 7.14. The largest absolute Gasteiger partial charge is 0.399 e. The predicted molar refractivity (Wildman–Crippen MR) is 101 cm³/mol. The Balaban J connectivity index is 2.31. The van der Waals surface area contributed by atoms with Gasteiger partial charge in [-0.1, -0.05) is 6.08 Å². The first kappa shape index (κ1) is 18.2. The molecule has 3 rings (SSSR count). The molecule has 6 heteroatoms. The fourth-order valence-electron chi connectivity index (χ4n) is 4.10. The Labute approximate surface area is 158 Å². The number of thiophene rings is 1. The van der Waals surface area contributed by atoms with Gasteiger partial charge in [0.25, 0.3) is 0 Å². The molecular weight excluding hydrogens is 342 g/mol. The van der Waals surface area contributed by atoms with Crippen LogP contribution in [0.5, 0.6) is 0 Å². The molecule has 2 N–H and O–H groups in total.